The predicted molar refractivity (Wildman–Crippen MR) is 174 cm³/mol. The normalized spacial score (nSPS) is 12.0. The lowest BCUT2D eigenvalue weighted by molar-refractivity contribution is -0.141. The summed E-state index contributed by atoms with van der Waals surface area (Å²) < 4.78 is 27.7. The lowest BCUT2D eigenvalue weighted by atomic mass is 10.0. The standard InChI is InChI=1S/C33H42BrN3O4S/c1-5-6-20-35-33(39)31(23-27-11-8-7-9-12-27)36(24-28-15-17-29(34)18-16-28)32(38)13-10-21-37(42(4,40)41)30-19-14-25(2)26(3)22-30/h7-9,11-12,14-19,22,31H,5-6,10,13,20-21,23-24H2,1-4H3,(H,35,39). The molecule has 7 nitrogen and oxygen atoms in total. The summed E-state index contributed by atoms with van der Waals surface area (Å²) in [4.78, 5) is 29.1. The molecule has 0 fully saturated rings. The van der Waals surface area contributed by atoms with E-state index in [9.17, 15) is 18.0 Å². The number of anilines is 1. The number of nitrogens with one attached hydrogen (secondary N) is 1. The molecular formula is C33H42BrN3O4S. The van der Waals surface area contributed by atoms with Crippen LogP contribution in [0.15, 0.2) is 77.3 Å². The van der Waals surface area contributed by atoms with Gasteiger partial charge in [-0.15, -0.1) is 0 Å². The van der Waals surface area contributed by atoms with Crippen LogP contribution >= 0.6 is 15.9 Å². The molecule has 226 valence electrons. The van der Waals surface area contributed by atoms with Gasteiger partial charge in [0, 0.05) is 36.9 Å². The van der Waals surface area contributed by atoms with Gasteiger partial charge in [0.25, 0.3) is 0 Å². The average molecular weight is 657 g/mol. The number of amides is 2. The first-order valence-corrected chi connectivity index (χ1v) is 17.0. The molecule has 0 bridgehead atoms. The van der Waals surface area contributed by atoms with Crippen LogP contribution in [0.1, 0.15) is 54.9 Å². The Bertz CT molecular complexity index is 1430. The third kappa shape index (κ3) is 9.98. The second-order valence-corrected chi connectivity index (χ2v) is 13.5. The summed E-state index contributed by atoms with van der Waals surface area (Å²) in [5.74, 6) is -0.385. The summed E-state index contributed by atoms with van der Waals surface area (Å²) in [6, 6.07) is 22.2. The minimum Gasteiger partial charge on any atom is -0.354 e. The van der Waals surface area contributed by atoms with Gasteiger partial charge < -0.3 is 10.2 Å². The van der Waals surface area contributed by atoms with Crippen LogP contribution in [0.25, 0.3) is 0 Å². The van der Waals surface area contributed by atoms with Crippen LogP contribution in [0.3, 0.4) is 0 Å². The van der Waals surface area contributed by atoms with Crippen molar-refractivity contribution in [2.45, 2.75) is 65.5 Å². The van der Waals surface area contributed by atoms with Crippen molar-refractivity contribution in [1.82, 2.24) is 10.2 Å². The minimum atomic E-state index is -3.56. The number of halogens is 1. The van der Waals surface area contributed by atoms with E-state index in [0.717, 1.165) is 39.6 Å². The Labute approximate surface area is 259 Å². The SMILES string of the molecule is CCCCNC(=O)C(Cc1ccccc1)N(Cc1ccc(Br)cc1)C(=O)CCCN(c1ccc(C)c(C)c1)S(C)(=O)=O. The summed E-state index contributed by atoms with van der Waals surface area (Å²) in [6.45, 7) is 6.95. The lowest BCUT2D eigenvalue weighted by Crippen LogP contribution is -2.50. The number of aryl methyl sites for hydroxylation is 2. The maximum absolute atomic E-state index is 13.9. The highest BCUT2D eigenvalue weighted by Crippen LogP contribution is 2.23. The van der Waals surface area contributed by atoms with Crippen LogP contribution < -0.4 is 9.62 Å². The van der Waals surface area contributed by atoms with E-state index in [-0.39, 0.29) is 31.3 Å². The number of carbonyl (C=O) groups excluding carboxylic acids is 2. The van der Waals surface area contributed by atoms with Gasteiger partial charge >= 0.3 is 0 Å². The van der Waals surface area contributed by atoms with Crippen LogP contribution in [0.5, 0.6) is 0 Å². The molecule has 0 spiro atoms. The van der Waals surface area contributed by atoms with Crippen molar-refractivity contribution < 1.29 is 18.0 Å². The fourth-order valence-electron chi connectivity index (χ4n) is 4.73. The molecule has 3 rings (SSSR count). The van der Waals surface area contributed by atoms with E-state index in [1.165, 1.54) is 10.6 Å². The van der Waals surface area contributed by atoms with Crippen LogP contribution in [0.2, 0.25) is 0 Å². The first kappa shape index (κ1) is 33.3. The number of carbonyl (C=O) groups is 2. The number of hydrogen-bond donors (Lipinski definition) is 1. The van der Waals surface area contributed by atoms with Gasteiger partial charge in [-0.3, -0.25) is 13.9 Å². The highest BCUT2D eigenvalue weighted by atomic mass is 79.9. The van der Waals surface area contributed by atoms with Gasteiger partial charge in [-0.1, -0.05) is 77.8 Å². The Morgan fingerprint density at radius 1 is 0.905 bits per heavy atom. The molecule has 3 aromatic carbocycles. The third-order valence-electron chi connectivity index (χ3n) is 7.30. The molecule has 1 N–H and O–H groups in total. The van der Waals surface area contributed by atoms with Crippen LogP contribution in [-0.4, -0.2) is 50.5 Å². The van der Waals surface area contributed by atoms with E-state index < -0.39 is 16.1 Å². The van der Waals surface area contributed by atoms with Crippen LogP contribution in [0.4, 0.5) is 5.69 Å². The van der Waals surface area contributed by atoms with E-state index in [4.69, 9.17) is 0 Å². The van der Waals surface area contributed by atoms with Gasteiger partial charge in [-0.2, -0.15) is 0 Å². The summed E-state index contributed by atoms with van der Waals surface area (Å²) in [7, 11) is -3.56. The molecule has 0 radical (unpaired) electrons. The van der Waals surface area contributed by atoms with Gasteiger partial charge in [-0.25, -0.2) is 8.42 Å². The molecule has 0 aliphatic rings. The monoisotopic (exact) mass is 655 g/mol. The quantitative estimate of drug-likeness (QED) is 0.199. The van der Waals surface area contributed by atoms with E-state index in [1.54, 1.807) is 11.0 Å². The molecule has 0 saturated carbocycles. The number of rotatable bonds is 15. The topological polar surface area (TPSA) is 86.8 Å². The lowest BCUT2D eigenvalue weighted by Gasteiger charge is -2.32. The van der Waals surface area contributed by atoms with Gasteiger partial charge in [-0.05, 0) is 73.2 Å². The average Bonchev–Trinajstić information content (AvgIpc) is 2.95. The molecule has 42 heavy (non-hydrogen) atoms. The van der Waals surface area contributed by atoms with E-state index in [2.05, 4.69) is 28.2 Å². The summed E-state index contributed by atoms with van der Waals surface area (Å²) in [5, 5.41) is 3.03. The van der Waals surface area contributed by atoms with Gasteiger partial charge in [0.2, 0.25) is 21.8 Å². The summed E-state index contributed by atoms with van der Waals surface area (Å²) in [6.07, 6.45) is 3.76. The highest BCUT2D eigenvalue weighted by molar-refractivity contribution is 9.10. The molecule has 0 aliphatic heterocycles. The molecule has 1 atom stereocenters. The second kappa shape index (κ2) is 15.9. The molecule has 0 aromatic heterocycles. The molecule has 2 amide bonds. The second-order valence-electron chi connectivity index (χ2n) is 10.7. The van der Waals surface area contributed by atoms with Gasteiger partial charge in [0.15, 0.2) is 0 Å². The Morgan fingerprint density at radius 3 is 2.21 bits per heavy atom. The minimum absolute atomic E-state index is 0.0981. The number of sulfonamides is 1. The zero-order valence-corrected chi connectivity index (χ0v) is 27.4. The maximum Gasteiger partial charge on any atom is 0.243 e. The number of hydrogen-bond acceptors (Lipinski definition) is 4. The molecule has 0 heterocycles. The summed E-state index contributed by atoms with van der Waals surface area (Å²) in [5.41, 5.74) is 4.51. The number of nitrogens with zero attached hydrogens (tertiary/aromatic N) is 2. The third-order valence-corrected chi connectivity index (χ3v) is 9.02. The van der Waals surface area contributed by atoms with Crippen molar-refractivity contribution >= 4 is 43.5 Å². The smallest absolute Gasteiger partial charge is 0.243 e. The number of benzene rings is 3. The summed E-state index contributed by atoms with van der Waals surface area (Å²) >= 11 is 3.47. The highest BCUT2D eigenvalue weighted by Gasteiger charge is 2.30. The molecular weight excluding hydrogens is 614 g/mol. The van der Waals surface area contributed by atoms with E-state index in [0.29, 0.717) is 25.1 Å². The van der Waals surface area contributed by atoms with Crippen molar-refractivity contribution in [2.24, 2.45) is 0 Å². The fraction of sp³-hybridized carbons (Fsp3) is 0.394. The van der Waals surface area contributed by atoms with Crippen molar-refractivity contribution in [3.05, 3.63) is 99.5 Å². The van der Waals surface area contributed by atoms with Crippen molar-refractivity contribution in [2.75, 3.05) is 23.7 Å². The van der Waals surface area contributed by atoms with Crippen molar-refractivity contribution in [3.63, 3.8) is 0 Å². The fourth-order valence-corrected chi connectivity index (χ4v) is 5.95. The molecule has 1 unspecified atom stereocenters. The molecule has 3 aromatic rings. The molecule has 9 heteroatoms. The Kier molecular flexibility index (Phi) is 12.6. The van der Waals surface area contributed by atoms with Crippen molar-refractivity contribution in [3.8, 4) is 0 Å². The van der Waals surface area contributed by atoms with Gasteiger partial charge in [0.05, 0.1) is 11.9 Å². The first-order chi connectivity index (χ1) is 20.0. The first-order valence-electron chi connectivity index (χ1n) is 14.4. The Morgan fingerprint density at radius 2 is 1.60 bits per heavy atom. The largest absolute Gasteiger partial charge is 0.354 e. The number of unbranched alkanes of at least 4 members (excludes halogenated alkanes) is 1. The van der Waals surface area contributed by atoms with Gasteiger partial charge in [0.1, 0.15) is 6.04 Å². The van der Waals surface area contributed by atoms with E-state index in [1.807, 2.05) is 80.6 Å². The predicted octanol–water partition coefficient (Wildman–Crippen LogP) is 6.17. The van der Waals surface area contributed by atoms with Crippen molar-refractivity contribution in [1.29, 1.82) is 0 Å². The van der Waals surface area contributed by atoms with Crippen LogP contribution in [-0.2, 0) is 32.6 Å². The molecule has 0 aliphatic carbocycles. The Balaban J connectivity index is 1.87. The Hall–Kier alpha value is -3.17. The van der Waals surface area contributed by atoms with E-state index >= 15 is 0 Å². The maximum atomic E-state index is 13.9. The molecule has 0 saturated heterocycles. The van der Waals surface area contributed by atoms with Crippen LogP contribution in [0, 0.1) is 13.8 Å². The zero-order valence-electron chi connectivity index (χ0n) is 25.0. The zero-order chi connectivity index (χ0) is 30.7.